The van der Waals surface area contributed by atoms with Crippen LogP contribution in [0.3, 0.4) is 0 Å². The van der Waals surface area contributed by atoms with Gasteiger partial charge in [-0.15, -0.1) is 11.8 Å². The largest absolute Gasteiger partial charge is 0.481 e. The number of nitrogens with zero attached hydrogens (tertiary/aromatic N) is 1. The second kappa shape index (κ2) is 26.7. The predicted octanol–water partition coefficient (Wildman–Crippen LogP) is -0.122. The van der Waals surface area contributed by atoms with Gasteiger partial charge in [0, 0.05) is 25.3 Å². The van der Waals surface area contributed by atoms with Crippen molar-refractivity contribution in [3.63, 3.8) is 0 Å². The zero-order valence-corrected chi connectivity index (χ0v) is 27.7. The van der Waals surface area contributed by atoms with E-state index in [1.807, 2.05) is 0 Å². The van der Waals surface area contributed by atoms with Crippen molar-refractivity contribution >= 4 is 53.7 Å². The van der Waals surface area contributed by atoms with Gasteiger partial charge >= 0.3 is 12.0 Å². The van der Waals surface area contributed by atoms with Gasteiger partial charge in [-0.3, -0.25) is 33.8 Å². The van der Waals surface area contributed by atoms with Crippen molar-refractivity contribution < 1.29 is 38.7 Å². The molecule has 0 heterocycles. The normalized spacial score (nSPS) is 12.7. The van der Waals surface area contributed by atoms with Gasteiger partial charge in [-0.05, 0) is 52.0 Å². The van der Waals surface area contributed by atoms with E-state index in [9.17, 15) is 33.6 Å². The number of aliphatic carboxylic acids is 1. The summed E-state index contributed by atoms with van der Waals surface area (Å²) in [6.07, 6.45) is 9.35. The Kier molecular flexibility index (Phi) is 24.7. The molecule has 0 fully saturated rings. The first-order valence-corrected chi connectivity index (χ1v) is 17.0. The molecule has 0 aromatic heterocycles. The van der Waals surface area contributed by atoms with Crippen LogP contribution < -0.4 is 38.6 Å². The molecule has 11 N–H and O–H groups in total. The number of carbonyl (C=O) groups excluding carboxylic acids is 6. The number of hydrogen-bond acceptors (Lipinski definition) is 10. The number of carboxylic acid groups (broad SMARTS) is 1. The fourth-order valence-corrected chi connectivity index (χ4v) is 5.42. The van der Waals surface area contributed by atoms with Gasteiger partial charge in [0.2, 0.25) is 24.1 Å². The lowest BCUT2D eigenvalue weighted by molar-refractivity contribution is -0.137. The molecule has 264 valence electrons. The number of nitrogens with one attached hydrogen (secondary N) is 4. The number of amides is 6. The summed E-state index contributed by atoms with van der Waals surface area (Å²) in [7, 11) is 0. The van der Waals surface area contributed by atoms with Crippen molar-refractivity contribution in [2.75, 3.05) is 31.1 Å². The zero-order chi connectivity index (χ0) is 34.7. The Morgan fingerprint density at radius 2 is 1.43 bits per heavy atom. The minimum Gasteiger partial charge on any atom is -0.481 e. The van der Waals surface area contributed by atoms with E-state index in [2.05, 4.69) is 21.3 Å². The minimum atomic E-state index is -1.04. The first kappa shape index (κ1) is 42.6. The Morgan fingerprint density at radius 1 is 0.826 bits per heavy atom. The highest BCUT2D eigenvalue weighted by molar-refractivity contribution is 8.00. The third-order valence-electron chi connectivity index (χ3n) is 7.09. The van der Waals surface area contributed by atoms with Gasteiger partial charge in [-0.1, -0.05) is 38.5 Å². The second-order valence-corrected chi connectivity index (χ2v) is 12.0. The average Bonchev–Trinajstić information content (AvgIpc) is 3.00. The van der Waals surface area contributed by atoms with Gasteiger partial charge in [0.05, 0.1) is 5.75 Å². The van der Waals surface area contributed by atoms with E-state index in [0.717, 1.165) is 61.7 Å². The smallest absolute Gasteiger partial charge is 0.312 e. The van der Waals surface area contributed by atoms with E-state index in [1.165, 1.54) is 6.92 Å². The summed E-state index contributed by atoms with van der Waals surface area (Å²) in [5.41, 5.74) is 10.6. The molecule has 0 aliphatic carbocycles. The monoisotopic (exact) mass is 674 g/mol. The maximum atomic E-state index is 13.0. The van der Waals surface area contributed by atoms with Crippen LogP contribution in [0.4, 0.5) is 4.79 Å². The molecule has 0 saturated carbocycles. The lowest BCUT2D eigenvalue weighted by atomic mass is 10.1. The molecular formula is C29H54N8O8S. The van der Waals surface area contributed by atoms with E-state index in [0.29, 0.717) is 45.2 Å². The van der Waals surface area contributed by atoms with Gasteiger partial charge in [-0.25, -0.2) is 10.6 Å². The van der Waals surface area contributed by atoms with Crippen molar-refractivity contribution in [3.05, 3.63) is 0 Å². The average molecular weight is 675 g/mol. The van der Waals surface area contributed by atoms with Crippen molar-refractivity contribution in [1.29, 1.82) is 0 Å². The minimum absolute atomic E-state index is 0.00219. The highest BCUT2D eigenvalue weighted by atomic mass is 32.2. The maximum Gasteiger partial charge on any atom is 0.312 e. The topological polar surface area (TPSA) is 269 Å². The zero-order valence-electron chi connectivity index (χ0n) is 26.9. The third-order valence-corrected chi connectivity index (χ3v) is 8.11. The van der Waals surface area contributed by atoms with E-state index < -0.39 is 41.9 Å². The van der Waals surface area contributed by atoms with E-state index in [4.69, 9.17) is 22.4 Å². The Hall–Kier alpha value is -3.44. The molecule has 0 unspecified atom stereocenters. The molecule has 0 aromatic carbocycles. The summed E-state index contributed by atoms with van der Waals surface area (Å²) in [6.45, 7) is 2.28. The van der Waals surface area contributed by atoms with Crippen LogP contribution in [-0.4, -0.2) is 101 Å². The van der Waals surface area contributed by atoms with Crippen LogP contribution in [0.25, 0.3) is 0 Å². The molecule has 16 nitrogen and oxygen atoms in total. The molecule has 0 spiro atoms. The first-order valence-electron chi connectivity index (χ1n) is 15.8. The molecule has 0 bridgehead atoms. The third kappa shape index (κ3) is 21.3. The second-order valence-electron chi connectivity index (χ2n) is 11.0. The summed E-state index contributed by atoms with van der Waals surface area (Å²) in [5, 5.41) is 19.8. The maximum absolute atomic E-state index is 13.0. The number of Topliss-reactive ketones (excluding diaryl/α,β-unsaturated/α-hetero) is 1. The molecule has 46 heavy (non-hydrogen) atoms. The fourth-order valence-electron chi connectivity index (χ4n) is 4.50. The lowest BCUT2D eigenvalue weighted by Gasteiger charge is -2.26. The van der Waals surface area contributed by atoms with Crippen LogP contribution in [0.5, 0.6) is 0 Å². The summed E-state index contributed by atoms with van der Waals surface area (Å²) >= 11 is 1.03. The Labute approximate surface area is 275 Å². The summed E-state index contributed by atoms with van der Waals surface area (Å²) in [4.78, 5) is 83.1. The quantitative estimate of drug-likeness (QED) is 0.0170. The van der Waals surface area contributed by atoms with Crippen molar-refractivity contribution in [2.24, 2.45) is 17.3 Å². The van der Waals surface area contributed by atoms with Crippen molar-refractivity contribution in [3.8, 4) is 0 Å². The molecule has 0 saturated heterocycles. The molecule has 3 atom stereocenters. The number of nitrogens with two attached hydrogens (primary N) is 3. The van der Waals surface area contributed by atoms with Gasteiger partial charge in [0.15, 0.2) is 5.78 Å². The van der Waals surface area contributed by atoms with E-state index in [-0.39, 0.29) is 42.6 Å². The van der Waals surface area contributed by atoms with Crippen LogP contribution in [0.1, 0.15) is 90.4 Å². The van der Waals surface area contributed by atoms with Gasteiger partial charge < -0.3 is 37.8 Å². The number of hydrogen-bond donors (Lipinski definition) is 8. The molecule has 0 aromatic rings. The molecule has 0 aliphatic rings. The number of carboxylic acids is 1. The number of rotatable bonds is 29. The summed E-state index contributed by atoms with van der Waals surface area (Å²) in [5.74, 6) is 3.13. The highest BCUT2D eigenvalue weighted by Crippen LogP contribution is 2.11. The van der Waals surface area contributed by atoms with Crippen LogP contribution in [-0.2, 0) is 28.8 Å². The van der Waals surface area contributed by atoms with Crippen LogP contribution >= 0.6 is 11.8 Å². The van der Waals surface area contributed by atoms with Crippen LogP contribution in [0.15, 0.2) is 0 Å². The Morgan fingerprint density at radius 3 is 2.00 bits per heavy atom. The number of ketones is 1. The summed E-state index contributed by atoms with van der Waals surface area (Å²) in [6, 6.07) is -3.50. The van der Waals surface area contributed by atoms with Crippen LogP contribution in [0, 0.1) is 0 Å². The van der Waals surface area contributed by atoms with E-state index in [1.54, 1.807) is 0 Å². The Balaban J connectivity index is 4.73. The molecule has 0 rings (SSSR count). The molecule has 17 heteroatoms. The lowest BCUT2D eigenvalue weighted by Crippen LogP contribution is -2.53. The van der Waals surface area contributed by atoms with Gasteiger partial charge in [0.1, 0.15) is 18.1 Å². The summed E-state index contributed by atoms with van der Waals surface area (Å²) < 4.78 is 0. The standard InChI is InChI=1S/C29H54N8O8S/c1-21(39)24(13-11-17-34-29(31)45)37(32)25(40)19-46-18-23(35-20-38)28(44)36-22(12-10-15-30)27(43)33-16-9-7-5-3-2-4-6-8-14-26(41)42/h20,22-24H,2-19,30,32H2,1H3,(H,33,43)(H,35,38)(H,36,44)(H,41,42)(H3,31,34,45)/t22-,23-,24-/m0/s1. The van der Waals surface area contributed by atoms with Gasteiger partial charge in [-0.2, -0.15) is 0 Å². The predicted molar refractivity (Wildman–Crippen MR) is 175 cm³/mol. The van der Waals surface area contributed by atoms with Gasteiger partial charge in [0.25, 0.3) is 0 Å². The molecule has 0 aliphatic heterocycles. The molecular weight excluding hydrogens is 620 g/mol. The van der Waals surface area contributed by atoms with Crippen LogP contribution in [0.2, 0.25) is 0 Å². The number of thioether (sulfide) groups is 1. The van der Waals surface area contributed by atoms with Crippen molar-refractivity contribution in [1.82, 2.24) is 26.3 Å². The number of hydrazine groups is 1. The Bertz CT molecular complexity index is 958. The number of unbranched alkanes of at least 4 members (excludes halogenated alkanes) is 7. The van der Waals surface area contributed by atoms with Crippen molar-refractivity contribution in [2.45, 2.75) is 109 Å². The molecule has 0 radical (unpaired) electrons. The first-order chi connectivity index (χ1) is 21.9. The number of urea groups is 1. The van der Waals surface area contributed by atoms with E-state index >= 15 is 0 Å². The highest BCUT2D eigenvalue weighted by Gasteiger charge is 2.27. The SMILES string of the molecule is CC(=O)[C@H](CCCNC(N)=O)N(N)C(=O)CSC[C@H](NC=O)C(=O)N[C@@H](CCCN)C(=O)NCCCCCCCCCCC(=O)O. The molecule has 6 amide bonds. The fraction of sp³-hybridized carbons (Fsp3) is 0.759. The number of carbonyl (C=O) groups is 7. The number of primary amides is 1.